The Balaban J connectivity index is 2.41. The molecule has 0 saturated heterocycles. The molecule has 2 aromatic carbocycles. The van der Waals surface area contributed by atoms with Crippen LogP contribution in [0.25, 0.3) is 0 Å². The van der Waals surface area contributed by atoms with E-state index in [4.69, 9.17) is 23.2 Å². The Labute approximate surface area is 212 Å². The number of rotatable bonds is 10. The number of hydrogen-bond acceptors (Lipinski definition) is 4. The van der Waals surface area contributed by atoms with E-state index in [2.05, 4.69) is 5.32 Å². The van der Waals surface area contributed by atoms with Crippen molar-refractivity contribution in [3.63, 3.8) is 0 Å². The maximum atomic E-state index is 13.5. The summed E-state index contributed by atoms with van der Waals surface area (Å²) in [6.45, 7) is 6.85. The van der Waals surface area contributed by atoms with Gasteiger partial charge in [0.25, 0.3) is 0 Å². The minimum atomic E-state index is -3.77. The molecule has 1 N–H and O–H groups in total. The van der Waals surface area contributed by atoms with Crippen molar-refractivity contribution in [1.82, 2.24) is 10.2 Å². The highest BCUT2D eigenvalue weighted by Gasteiger charge is 2.30. The number of amides is 2. The average molecular weight is 529 g/mol. The molecule has 2 rings (SSSR count). The lowest BCUT2D eigenvalue weighted by atomic mass is 10.1. The monoisotopic (exact) mass is 527 g/mol. The Hall–Kier alpha value is -2.29. The molecule has 0 heterocycles. The highest BCUT2D eigenvalue weighted by Crippen LogP contribution is 2.24. The number of nitrogens with zero attached hydrogens (tertiary/aromatic N) is 2. The third-order valence-electron chi connectivity index (χ3n) is 5.53. The van der Waals surface area contributed by atoms with Crippen LogP contribution in [0.2, 0.25) is 10.0 Å². The van der Waals surface area contributed by atoms with Gasteiger partial charge in [-0.2, -0.15) is 0 Å². The highest BCUT2D eigenvalue weighted by molar-refractivity contribution is 7.92. The average Bonchev–Trinajstić information content (AvgIpc) is 2.76. The van der Waals surface area contributed by atoms with Crippen molar-refractivity contribution in [3.05, 3.63) is 63.6 Å². The molecule has 0 unspecified atom stereocenters. The Bertz CT molecular complexity index is 1120. The summed E-state index contributed by atoms with van der Waals surface area (Å²) < 4.78 is 26.1. The lowest BCUT2D eigenvalue weighted by Crippen LogP contribution is -2.52. The number of anilines is 1. The second kappa shape index (κ2) is 11.9. The molecule has 34 heavy (non-hydrogen) atoms. The summed E-state index contributed by atoms with van der Waals surface area (Å²) in [5.74, 6) is -0.877. The van der Waals surface area contributed by atoms with Gasteiger partial charge in [0.1, 0.15) is 12.6 Å². The van der Waals surface area contributed by atoms with Gasteiger partial charge in [-0.25, -0.2) is 8.42 Å². The smallest absolute Gasteiger partial charge is 0.244 e. The van der Waals surface area contributed by atoms with Gasteiger partial charge >= 0.3 is 0 Å². The first-order valence-electron chi connectivity index (χ1n) is 10.9. The fourth-order valence-corrected chi connectivity index (χ4v) is 4.52. The van der Waals surface area contributed by atoms with Gasteiger partial charge in [0.05, 0.1) is 11.9 Å². The Kier molecular flexibility index (Phi) is 9.79. The van der Waals surface area contributed by atoms with E-state index < -0.39 is 28.5 Å². The maximum absolute atomic E-state index is 13.5. The third kappa shape index (κ3) is 7.61. The second-order valence-corrected chi connectivity index (χ2v) is 11.1. The molecule has 2 atom stereocenters. The predicted molar refractivity (Wildman–Crippen MR) is 138 cm³/mol. The topological polar surface area (TPSA) is 86.8 Å². The van der Waals surface area contributed by atoms with Crippen molar-refractivity contribution in [2.45, 2.75) is 52.7 Å². The van der Waals surface area contributed by atoms with Crippen LogP contribution in [0, 0.1) is 6.92 Å². The quantitative estimate of drug-likeness (QED) is 0.495. The van der Waals surface area contributed by atoms with Gasteiger partial charge in [0.2, 0.25) is 21.8 Å². The summed E-state index contributed by atoms with van der Waals surface area (Å²) >= 11 is 12.3. The molecule has 0 spiro atoms. The zero-order valence-electron chi connectivity index (χ0n) is 20.0. The third-order valence-corrected chi connectivity index (χ3v) is 7.25. The van der Waals surface area contributed by atoms with E-state index in [0.717, 1.165) is 22.5 Å². The molecule has 186 valence electrons. The normalized spacial score (nSPS) is 13.1. The van der Waals surface area contributed by atoms with Gasteiger partial charge in [0, 0.05) is 22.6 Å². The van der Waals surface area contributed by atoms with Crippen LogP contribution in [0.5, 0.6) is 0 Å². The van der Waals surface area contributed by atoms with E-state index in [0.29, 0.717) is 21.3 Å². The van der Waals surface area contributed by atoms with E-state index in [9.17, 15) is 18.0 Å². The van der Waals surface area contributed by atoms with Crippen LogP contribution in [0.4, 0.5) is 5.69 Å². The van der Waals surface area contributed by atoms with E-state index >= 15 is 0 Å². The van der Waals surface area contributed by atoms with Gasteiger partial charge in [-0.3, -0.25) is 13.9 Å². The van der Waals surface area contributed by atoms with Gasteiger partial charge in [-0.05, 0) is 57.0 Å². The minimum Gasteiger partial charge on any atom is -0.352 e. The zero-order valence-corrected chi connectivity index (χ0v) is 22.3. The van der Waals surface area contributed by atoms with Gasteiger partial charge in [-0.1, -0.05) is 53.9 Å². The molecule has 0 saturated carbocycles. The first-order chi connectivity index (χ1) is 15.8. The number of nitrogens with one attached hydrogen (secondary N) is 1. The fraction of sp³-hybridized carbons (Fsp3) is 0.417. The molecule has 0 radical (unpaired) electrons. The van der Waals surface area contributed by atoms with E-state index in [1.165, 1.54) is 4.90 Å². The van der Waals surface area contributed by atoms with Crippen LogP contribution in [0.15, 0.2) is 42.5 Å². The molecular formula is C24H31Cl2N3O4S. The Morgan fingerprint density at radius 2 is 1.68 bits per heavy atom. The SMILES string of the molecule is CC[C@@H](C)NC(=O)[C@H](C)N(Cc1ccc(Cl)cc1Cl)C(=O)CN(c1ccc(C)cc1)S(C)(=O)=O. The van der Waals surface area contributed by atoms with Crippen molar-refractivity contribution in [3.8, 4) is 0 Å². The highest BCUT2D eigenvalue weighted by atomic mass is 35.5. The largest absolute Gasteiger partial charge is 0.352 e. The van der Waals surface area contributed by atoms with E-state index in [-0.39, 0.29) is 18.5 Å². The summed E-state index contributed by atoms with van der Waals surface area (Å²) in [5.41, 5.74) is 1.91. The Morgan fingerprint density at radius 1 is 1.06 bits per heavy atom. The molecule has 0 aliphatic heterocycles. The number of benzene rings is 2. The van der Waals surface area contributed by atoms with Crippen LogP contribution < -0.4 is 9.62 Å². The number of halogens is 2. The summed E-state index contributed by atoms with van der Waals surface area (Å²) in [6.07, 6.45) is 1.77. The van der Waals surface area contributed by atoms with Gasteiger partial charge in [0.15, 0.2) is 0 Å². The molecule has 2 aromatic rings. The number of carbonyl (C=O) groups excluding carboxylic acids is 2. The van der Waals surface area contributed by atoms with Crippen molar-refractivity contribution < 1.29 is 18.0 Å². The molecule has 0 aliphatic rings. The maximum Gasteiger partial charge on any atom is 0.244 e. The van der Waals surface area contributed by atoms with Crippen LogP contribution >= 0.6 is 23.2 Å². The Morgan fingerprint density at radius 3 is 2.21 bits per heavy atom. The van der Waals surface area contributed by atoms with Gasteiger partial charge in [-0.15, -0.1) is 0 Å². The van der Waals surface area contributed by atoms with Crippen molar-refractivity contribution in [1.29, 1.82) is 0 Å². The number of carbonyl (C=O) groups is 2. The van der Waals surface area contributed by atoms with Crippen molar-refractivity contribution in [2.24, 2.45) is 0 Å². The second-order valence-electron chi connectivity index (χ2n) is 8.36. The molecule has 10 heteroatoms. The summed E-state index contributed by atoms with van der Waals surface area (Å²) in [7, 11) is -3.77. The first-order valence-corrected chi connectivity index (χ1v) is 13.5. The standard InChI is InChI=1S/C24H31Cl2N3O4S/c1-6-17(3)27-24(31)18(4)28(14-19-9-10-20(25)13-22(19)26)23(30)15-29(34(5,32)33)21-11-7-16(2)8-12-21/h7-13,17-18H,6,14-15H2,1-5H3,(H,27,31)/t17-,18+/m1/s1. The molecule has 0 bridgehead atoms. The molecular weight excluding hydrogens is 497 g/mol. The van der Waals surface area contributed by atoms with Crippen LogP contribution in [-0.4, -0.2) is 50.0 Å². The van der Waals surface area contributed by atoms with Crippen LogP contribution in [0.3, 0.4) is 0 Å². The zero-order chi connectivity index (χ0) is 25.6. The number of sulfonamides is 1. The molecule has 0 aromatic heterocycles. The predicted octanol–water partition coefficient (Wildman–Crippen LogP) is 4.40. The van der Waals surface area contributed by atoms with Gasteiger partial charge < -0.3 is 10.2 Å². The number of hydrogen-bond donors (Lipinski definition) is 1. The molecule has 0 fully saturated rings. The summed E-state index contributed by atoms with van der Waals surface area (Å²) in [5, 5.41) is 3.66. The van der Waals surface area contributed by atoms with Crippen molar-refractivity contribution >= 4 is 50.7 Å². The van der Waals surface area contributed by atoms with Crippen molar-refractivity contribution in [2.75, 3.05) is 17.1 Å². The number of aryl methyl sites for hydroxylation is 1. The van der Waals surface area contributed by atoms with Crippen LogP contribution in [-0.2, 0) is 26.2 Å². The molecule has 2 amide bonds. The first kappa shape index (κ1) is 28.0. The van der Waals surface area contributed by atoms with E-state index in [1.54, 1.807) is 49.4 Å². The fourth-order valence-electron chi connectivity index (χ4n) is 3.21. The minimum absolute atomic E-state index is 0.00935. The summed E-state index contributed by atoms with van der Waals surface area (Å²) in [6, 6.07) is 10.8. The lowest BCUT2D eigenvalue weighted by molar-refractivity contribution is -0.139. The lowest BCUT2D eigenvalue weighted by Gasteiger charge is -2.32. The van der Waals surface area contributed by atoms with E-state index in [1.807, 2.05) is 20.8 Å². The van der Waals surface area contributed by atoms with Crippen LogP contribution in [0.1, 0.15) is 38.3 Å². The molecule has 0 aliphatic carbocycles. The summed E-state index contributed by atoms with van der Waals surface area (Å²) in [4.78, 5) is 27.7. The molecule has 7 nitrogen and oxygen atoms in total.